The summed E-state index contributed by atoms with van der Waals surface area (Å²) < 4.78 is 0. The molecule has 6 nitrogen and oxygen atoms in total. The van der Waals surface area contributed by atoms with Crippen molar-refractivity contribution >= 4 is 28.7 Å². The SMILES string of the molecule is NC(=O)Nc1cc2ccc(C(=O)O)cc2[nH]1. The molecule has 0 aliphatic rings. The van der Waals surface area contributed by atoms with Crippen LogP contribution in [0.2, 0.25) is 0 Å². The Bertz CT molecular complexity index is 574. The molecule has 0 atom stereocenters. The Balaban J connectivity index is 2.45. The van der Waals surface area contributed by atoms with E-state index >= 15 is 0 Å². The zero-order chi connectivity index (χ0) is 11.7. The number of benzene rings is 1. The van der Waals surface area contributed by atoms with Crippen molar-refractivity contribution in [2.75, 3.05) is 5.32 Å². The van der Waals surface area contributed by atoms with Crippen LogP contribution in [0.1, 0.15) is 10.4 Å². The molecule has 0 fully saturated rings. The summed E-state index contributed by atoms with van der Waals surface area (Å²) in [5.74, 6) is -0.564. The number of aromatic amines is 1. The summed E-state index contributed by atoms with van der Waals surface area (Å²) in [5, 5.41) is 12.0. The van der Waals surface area contributed by atoms with Gasteiger partial charge < -0.3 is 15.8 Å². The van der Waals surface area contributed by atoms with Gasteiger partial charge in [0.2, 0.25) is 0 Å². The molecule has 5 N–H and O–H groups in total. The van der Waals surface area contributed by atoms with E-state index in [0.717, 1.165) is 5.39 Å². The fraction of sp³-hybridized carbons (Fsp3) is 0. The van der Waals surface area contributed by atoms with Gasteiger partial charge in [0.15, 0.2) is 0 Å². The fourth-order valence-corrected chi connectivity index (χ4v) is 1.46. The van der Waals surface area contributed by atoms with E-state index in [1.165, 1.54) is 12.1 Å². The lowest BCUT2D eigenvalue weighted by Crippen LogP contribution is -2.19. The van der Waals surface area contributed by atoms with Gasteiger partial charge in [0, 0.05) is 10.9 Å². The van der Waals surface area contributed by atoms with E-state index in [2.05, 4.69) is 10.3 Å². The van der Waals surface area contributed by atoms with Gasteiger partial charge >= 0.3 is 12.0 Å². The summed E-state index contributed by atoms with van der Waals surface area (Å²) in [5.41, 5.74) is 5.77. The van der Waals surface area contributed by atoms with Gasteiger partial charge in [0.25, 0.3) is 0 Å². The van der Waals surface area contributed by atoms with Crippen LogP contribution in [-0.4, -0.2) is 22.1 Å². The second-order valence-corrected chi connectivity index (χ2v) is 3.28. The Morgan fingerprint density at radius 1 is 1.31 bits per heavy atom. The first-order valence-electron chi connectivity index (χ1n) is 4.49. The summed E-state index contributed by atoms with van der Waals surface area (Å²) in [6, 6.07) is 5.63. The number of anilines is 1. The Morgan fingerprint density at radius 3 is 2.69 bits per heavy atom. The van der Waals surface area contributed by atoms with E-state index in [4.69, 9.17) is 10.8 Å². The first-order valence-corrected chi connectivity index (χ1v) is 4.49. The molecule has 0 saturated heterocycles. The van der Waals surface area contributed by atoms with Crippen LogP contribution in [0.15, 0.2) is 24.3 Å². The van der Waals surface area contributed by atoms with E-state index < -0.39 is 12.0 Å². The maximum Gasteiger partial charge on any atom is 0.335 e. The lowest BCUT2D eigenvalue weighted by molar-refractivity contribution is 0.0697. The predicted molar refractivity (Wildman–Crippen MR) is 58.5 cm³/mol. The van der Waals surface area contributed by atoms with Gasteiger partial charge in [0.05, 0.1) is 5.56 Å². The first kappa shape index (κ1) is 10.0. The van der Waals surface area contributed by atoms with Crippen molar-refractivity contribution in [1.29, 1.82) is 0 Å². The Labute approximate surface area is 90.1 Å². The van der Waals surface area contributed by atoms with Crippen molar-refractivity contribution in [1.82, 2.24) is 4.98 Å². The molecule has 0 aliphatic carbocycles. The van der Waals surface area contributed by atoms with Crippen LogP contribution in [-0.2, 0) is 0 Å². The van der Waals surface area contributed by atoms with Crippen LogP contribution in [0.4, 0.5) is 10.6 Å². The van der Waals surface area contributed by atoms with Gasteiger partial charge in [-0.1, -0.05) is 6.07 Å². The lowest BCUT2D eigenvalue weighted by atomic mass is 10.2. The minimum atomic E-state index is -0.999. The molecule has 0 aliphatic heterocycles. The average Bonchev–Trinajstić information content (AvgIpc) is 2.56. The number of H-pyrrole nitrogens is 1. The highest BCUT2D eigenvalue weighted by atomic mass is 16.4. The van der Waals surface area contributed by atoms with Crippen molar-refractivity contribution in [3.63, 3.8) is 0 Å². The van der Waals surface area contributed by atoms with E-state index in [-0.39, 0.29) is 5.56 Å². The summed E-state index contributed by atoms with van der Waals surface area (Å²) in [4.78, 5) is 24.2. The summed E-state index contributed by atoms with van der Waals surface area (Å²) >= 11 is 0. The number of nitrogens with two attached hydrogens (primary N) is 1. The molecule has 2 amide bonds. The summed E-state index contributed by atoms with van der Waals surface area (Å²) in [6.45, 7) is 0. The quantitative estimate of drug-likeness (QED) is 0.612. The fourth-order valence-electron chi connectivity index (χ4n) is 1.46. The molecule has 6 heteroatoms. The van der Waals surface area contributed by atoms with Crippen LogP contribution in [0.3, 0.4) is 0 Å². The smallest absolute Gasteiger partial charge is 0.335 e. The number of urea groups is 1. The largest absolute Gasteiger partial charge is 0.478 e. The maximum absolute atomic E-state index is 10.7. The van der Waals surface area contributed by atoms with Crippen LogP contribution in [0.25, 0.3) is 10.9 Å². The van der Waals surface area contributed by atoms with Crippen molar-refractivity contribution in [3.05, 3.63) is 29.8 Å². The number of fused-ring (bicyclic) bond motifs is 1. The molecule has 1 heterocycles. The zero-order valence-electron chi connectivity index (χ0n) is 8.15. The Morgan fingerprint density at radius 2 is 2.06 bits per heavy atom. The van der Waals surface area contributed by atoms with Crippen LogP contribution in [0, 0.1) is 0 Å². The third-order valence-electron chi connectivity index (χ3n) is 2.13. The normalized spacial score (nSPS) is 10.2. The molecule has 2 rings (SSSR count). The number of hydrogen-bond acceptors (Lipinski definition) is 2. The van der Waals surface area contributed by atoms with Crippen LogP contribution < -0.4 is 11.1 Å². The third kappa shape index (κ3) is 1.81. The summed E-state index contributed by atoms with van der Waals surface area (Å²) in [7, 11) is 0. The molecule has 1 aromatic carbocycles. The highest BCUT2D eigenvalue weighted by molar-refractivity contribution is 5.96. The van der Waals surface area contributed by atoms with Gasteiger partial charge in [-0.15, -0.1) is 0 Å². The number of rotatable bonds is 2. The zero-order valence-corrected chi connectivity index (χ0v) is 8.15. The van der Waals surface area contributed by atoms with Gasteiger partial charge in [-0.3, -0.25) is 5.32 Å². The first-order chi connectivity index (χ1) is 7.56. The predicted octanol–water partition coefficient (Wildman–Crippen LogP) is 1.36. The highest BCUT2D eigenvalue weighted by Crippen LogP contribution is 2.19. The van der Waals surface area contributed by atoms with Crippen molar-refractivity contribution in [3.8, 4) is 0 Å². The van der Waals surface area contributed by atoms with Crippen LogP contribution in [0.5, 0.6) is 0 Å². The van der Waals surface area contributed by atoms with Crippen molar-refractivity contribution in [2.45, 2.75) is 0 Å². The maximum atomic E-state index is 10.7. The number of hydrogen-bond donors (Lipinski definition) is 4. The second-order valence-electron chi connectivity index (χ2n) is 3.28. The minimum absolute atomic E-state index is 0.181. The molecular weight excluding hydrogens is 210 g/mol. The minimum Gasteiger partial charge on any atom is -0.478 e. The number of aromatic carboxylic acids is 1. The van der Waals surface area contributed by atoms with Crippen molar-refractivity contribution in [2.24, 2.45) is 5.73 Å². The van der Waals surface area contributed by atoms with E-state index in [0.29, 0.717) is 11.3 Å². The number of aromatic nitrogens is 1. The Hall–Kier alpha value is -2.50. The molecule has 16 heavy (non-hydrogen) atoms. The molecule has 1 aromatic heterocycles. The number of carbonyl (C=O) groups excluding carboxylic acids is 1. The molecule has 0 spiro atoms. The molecule has 82 valence electrons. The molecule has 2 aromatic rings. The van der Waals surface area contributed by atoms with E-state index in [1.807, 2.05) is 0 Å². The van der Waals surface area contributed by atoms with Gasteiger partial charge in [-0.2, -0.15) is 0 Å². The third-order valence-corrected chi connectivity index (χ3v) is 2.13. The lowest BCUT2D eigenvalue weighted by Gasteiger charge is -1.95. The molecule has 0 radical (unpaired) electrons. The number of carbonyl (C=O) groups is 2. The van der Waals surface area contributed by atoms with Gasteiger partial charge in [0.1, 0.15) is 5.82 Å². The number of carboxylic acid groups (broad SMARTS) is 1. The Kier molecular flexibility index (Phi) is 2.24. The summed E-state index contributed by atoms with van der Waals surface area (Å²) in [6.07, 6.45) is 0. The number of carboxylic acids is 1. The molecular formula is C10H9N3O3. The van der Waals surface area contributed by atoms with E-state index in [1.54, 1.807) is 12.1 Å². The number of primary amides is 1. The van der Waals surface area contributed by atoms with E-state index in [9.17, 15) is 9.59 Å². The molecule has 0 bridgehead atoms. The molecule has 0 saturated carbocycles. The average molecular weight is 219 g/mol. The second kappa shape index (κ2) is 3.58. The van der Waals surface area contributed by atoms with Gasteiger partial charge in [-0.25, -0.2) is 9.59 Å². The van der Waals surface area contributed by atoms with Crippen LogP contribution >= 0.6 is 0 Å². The monoisotopic (exact) mass is 219 g/mol. The number of nitrogens with one attached hydrogen (secondary N) is 2. The topological polar surface area (TPSA) is 108 Å². The highest BCUT2D eigenvalue weighted by Gasteiger charge is 2.06. The standard InChI is InChI=1S/C10H9N3O3/c11-10(16)13-8-4-5-1-2-6(9(14)15)3-7(5)12-8/h1-4,12H,(H,14,15)(H3,11,13,16). The molecule has 0 unspecified atom stereocenters. The van der Waals surface area contributed by atoms with Crippen molar-refractivity contribution < 1.29 is 14.7 Å². The van der Waals surface area contributed by atoms with Gasteiger partial charge in [-0.05, 0) is 18.2 Å². The number of amides is 2.